The van der Waals surface area contributed by atoms with Crippen LogP contribution in [0, 0.1) is 12.1 Å². The Labute approximate surface area is 166 Å². The molecule has 26 heavy (non-hydrogen) atoms. The minimum absolute atomic E-state index is 0. The fourth-order valence-corrected chi connectivity index (χ4v) is 2.60. The van der Waals surface area contributed by atoms with Gasteiger partial charge in [0, 0.05) is 36.7 Å². The first-order valence-electron chi connectivity index (χ1n) is 7.95. The molecule has 5 heteroatoms. The van der Waals surface area contributed by atoms with Crippen LogP contribution < -0.4 is 0 Å². The zero-order valence-electron chi connectivity index (χ0n) is 13.7. The van der Waals surface area contributed by atoms with Gasteiger partial charge in [-0.1, -0.05) is 0 Å². The molecule has 2 heterocycles. The van der Waals surface area contributed by atoms with E-state index in [1.54, 1.807) is 37.1 Å². The van der Waals surface area contributed by atoms with E-state index < -0.39 is 0 Å². The summed E-state index contributed by atoms with van der Waals surface area (Å²) >= 11 is 0. The van der Waals surface area contributed by atoms with Gasteiger partial charge in [-0.05, 0) is 12.5 Å². The Bertz CT molecular complexity index is 894. The van der Waals surface area contributed by atoms with Gasteiger partial charge < -0.3 is 4.98 Å². The molecule has 0 radical (unpaired) electrons. The van der Waals surface area contributed by atoms with E-state index in [-0.39, 0.29) is 21.1 Å². The van der Waals surface area contributed by atoms with Crippen LogP contribution in [-0.4, -0.2) is 19.9 Å². The minimum atomic E-state index is 0. The van der Waals surface area contributed by atoms with E-state index in [0.29, 0.717) is 5.82 Å². The second kappa shape index (κ2) is 8.59. The fourth-order valence-electron chi connectivity index (χ4n) is 2.60. The summed E-state index contributed by atoms with van der Waals surface area (Å²) in [6.45, 7) is 0. The van der Waals surface area contributed by atoms with Crippen LogP contribution in [0.4, 0.5) is 0 Å². The van der Waals surface area contributed by atoms with E-state index in [1.807, 2.05) is 24.3 Å². The largest absolute Gasteiger partial charge is 2.00 e. The molecule has 0 aliphatic carbocycles. The van der Waals surface area contributed by atoms with Crippen molar-refractivity contribution in [3.8, 4) is 22.6 Å². The first-order chi connectivity index (χ1) is 12.4. The number of nitrogens with zero attached hydrogens (tertiary/aromatic N) is 4. The molecular weight excluding hydrogens is 503 g/mol. The van der Waals surface area contributed by atoms with Crippen LogP contribution in [0.25, 0.3) is 22.6 Å². The van der Waals surface area contributed by atoms with Crippen LogP contribution in [0.5, 0.6) is 0 Å². The first-order valence-corrected chi connectivity index (χ1v) is 7.95. The molecule has 2 aromatic carbocycles. The van der Waals surface area contributed by atoms with E-state index in [1.165, 1.54) is 0 Å². The SMILES string of the molecule is [Pt+2].[c-]1c(Cc2[c-]c(-c3ncccn3)ccc2)cccc1-c1cnccn1. The molecule has 0 spiro atoms. The number of hydrogen-bond donors (Lipinski definition) is 0. The average Bonchev–Trinajstić information content (AvgIpc) is 2.70. The molecule has 0 N–H and O–H groups in total. The molecule has 4 rings (SSSR count). The molecule has 0 unspecified atom stereocenters. The van der Waals surface area contributed by atoms with Gasteiger partial charge in [0.15, 0.2) is 0 Å². The topological polar surface area (TPSA) is 51.6 Å². The molecule has 0 atom stereocenters. The smallest absolute Gasteiger partial charge is 0.302 e. The van der Waals surface area contributed by atoms with Crippen LogP contribution in [0.15, 0.2) is 73.4 Å². The quantitative estimate of drug-likeness (QED) is 0.387. The van der Waals surface area contributed by atoms with Crippen molar-refractivity contribution in [2.45, 2.75) is 6.42 Å². The molecule has 4 aromatic rings. The molecule has 0 aliphatic rings. The van der Waals surface area contributed by atoms with Gasteiger partial charge in [-0.3, -0.25) is 15.0 Å². The Morgan fingerprint density at radius 2 is 1.38 bits per heavy atom. The van der Waals surface area contributed by atoms with Crippen molar-refractivity contribution in [1.29, 1.82) is 0 Å². The van der Waals surface area contributed by atoms with Crippen molar-refractivity contribution in [2.75, 3.05) is 0 Å². The zero-order chi connectivity index (χ0) is 16.9. The molecule has 0 saturated heterocycles. The third kappa shape index (κ3) is 4.27. The van der Waals surface area contributed by atoms with Gasteiger partial charge in [0.1, 0.15) is 0 Å². The molecular formula is C21H14N4Pt. The molecule has 0 amide bonds. The Morgan fingerprint density at radius 1 is 0.692 bits per heavy atom. The summed E-state index contributed by atoms with van der Waals surface area (Å²) in [6, 6.07) is 20.7. The number of hydrogen-bond acceptors (Lipinski definition) is 4. The second-order valence-electron chi connectivity index (χ2n) is 5.52. The number of aromatic nitrogens is 4. The van der Waals surface area contributed by atoms with Gasteiger partial charge in [-0.15, -0.1) is 70.8 Å². The van der Waals surface area contributed by atoms with Gasteiger partial charge in [0.25, 0.3) is 0 Å². The van der Waals surface area contributed by atoms with Crippen molar-refractivity contribution in [3.05, 3.63) is 96.7 Å². The Morgan fingerprint density at radius 3 is 2.08 bits per heavy atom. The van der Waals surface area contributed by atoms with E-state index in [2.05, 4.69) is 44.2 Å². The van der Waals surface area contributed by atoms with Crippen molar-refractivity contribution in [3.63, 3.8) is 0 Å². The van der Waals surface area contributed by atoms with Crippen molar-refractivity contribution in [2.24, 2.45) is 0 Å². The van der Waals surface area contributed by atoms with Gasteiger partial charge in [-0.25, -0.2) is 0 Å². The summed E-state index contributed by atoms with van der Waals surface area (Å²) in [4.78, 5) is 17.0. The third-order valence-corrected chi connectivity index (χ3v) is 3.74. The Hall–Kier alpha value is -2.71. The summed E-state index contributed by atoms with van der Waals surface area (Å²) in [7, 11) is 0. The van der Waals surface area contributed by atoms with E-state index >= 15 is 0 Å². The summed E-state index contributed by atoms with van der Waals surface area (Å²) in [5, 5.41) is 0. The van der Waals surface area contributed by atoms with Crippen molar-refractivity contribution in [1.82, 2.24) is 19.9 Å². The predicted octanol–water partition coefficient (Wildman–Crippen LogP) is 3.79. The Kier molecular flexibility index (Phi) is 5.98. The molecule has 0 saturated carbocycles. The molecule has 0 aliphatic heterocycles. The van der Waals surface area contributed by atoms with Gasteiger partial charge in [0.2, 0.25) is 0 Å². The third-order valence-electron chi connectivity index (χ3n) is 3.74. The standard InChI is InChI=1S/C21H14N4.Pt/c1-4-16(13-18(6-1)20-15-22-10-11-23-20)12-17-5-2-7-19(14-17)21-24-8-3-9-25-21;/h1-11,15H,12H2;/q-2;+2. The van der Waals surface area contributed by atoms with Crippen LogP contribution in [0.1, 0.15) is 11.1 Å². The zero-order valence-corrected chi connectivity index (χ0v) is 16.0. The van der Waals surface area contributed by atoms with Crippen molar-refractivity contribution >= 4 is 0 Å². The monoisotopic (exact) mass is 517 g/mol. The maximum absolute atomic E-state index is 4.33. The van der Waals surface area contributed by atoms with Gasteiger partial charge >= 0.3 is 21.1 Å². The molecule has 2 aromatic heterocycles. The van der Waals surface area contributed by atoms with E-state index in [9.17, 15) is 0 Å². The second-order valence-corrected chi connectivity index (χ2v) is 5.52. The molecule has 4 nitrogen and oxygen atoms in total. The molecule has 128 valence electrons. The predicted molar refractivity (Wildman–Crippen MR) is 95.4 cm³/mol. The first kappa shape index (κ1) is 18.1. The summed E-state index contributed by atoms with van der Waals surface area (Å²) in [6.07, 6.45) is 9.30. The molecule has 0 fully saturated rings. The van der Waals surface area contributed by atoms with Gasteiger partial charge in [0.05, 0.1) is 5.82 Å². The normalized spacial score (nSPS) is 10.2. The Balaban J connectivity index is 0.00000196. The summed E-state index contributed by atoms with van der Waals surface area (Å²) in [5.74, 6) is 0.682. The van der Waals surface area contributed by atoms with Crippen molar-refractivity contribution < 1.29 is 21.1 Å². The average molecular weight is 517 g/mol. The van der Waals surface area contributed by atoms with Gasteiger partial charge in [-0.2, -0.15) is 0 Å². The van der Waals surface area contributed by atoms with E-state index in [0.717, 1.165) is 34.4 Å². The maximum atomic E-state index is 4.33. The summed E-state index contributed by atoms with van der Waals surface area (Å²) < 4.78 is 0. The maximum Gasteiger partial charge on any atom is 2.00 e. The van der Waals surface area contributed by atoms with Crippen LogP contribution in [-0.2, 0) is 27.5 Å². The number of benzene rings is 2. The van der Waals surface area contributed by atoms with Crippen LogP contribution in [0.3, 0.4) is 0 Å². The van der Waals surface area contributed by atoms with Crippen LogP contribution >= 0.6 is 0 Å². The fraction of sp³-hybridized carbons (Fsp3) is 0.0476. The van der Waals surface area contributed by atoms with Crippen LogP contribution in [0.2, 0.25) is 0 Å². The minimum Gasteiger partial charge on any atom is -0.302 e. The summed E-state index contributed by atoms with van der Waals surface area (Å²) in [5.41, 5.74) is 4.79. The molecule has 0 bridgehead atoms. The number of rotatable bonds is 4. The van der Waals surface area contributed by atoms with E-state index in [4.69, 9.17) is 0 Å².